The van der Waals surface area contributed by atoms with Crippen LogP contribution < -0.4 is 5.56 Å². The third-order valence-electron chi connectivity index (χ3n) is 3.55. The summed E-state index contributed by atoms with van der Waals surface area (Å²) in [5.41, 5.74) is 0.899. The molecule has 2 aromatic carbocycles. The van der Waals surface area contributed by atoms with Gasteiger partial charge in [0.15, 0.2) is 5.78 Å². The Morgan fingerprint density at radius 3 is 2.29 bits per heavy atom. The monoisotopic (exact) mass is 315 g/mol. The van der Waals surface area contributed by atoms with E-state index in [-0.39, 0.29) is 29.3 Å². The van der Waals surface area contributed by atoms with Gasteiger partial charge in [0.25, 0.3) is 5.56 Å². The molecule has 5 nitrogen and oxygen atoms in total. The lowest BCUT2D eigenvalue weighted by molar-refractivity contribution is 0.0991. The van der Waals surface area contributed by atoms with Crippen molar-refractivity contribution in [3.8, 4) is 17.3 Å². The molecule has 0 aliphatic rings. The third-order valence-corrected chi connectivity index (χ3v) is 3.55. The van der Waals surface area contributed by atoms with E-state index in [1.807, 2.05) is 18.2 Å². The van der Waals surface area contributed by atoms with Crippen molar-refractivity contribution in [2.75, 3.05) is 0 Å². The first-order valence-corrected chi connectivity index (χ1v) is 7.36. The van der Waals surface area contributed by atoms with Crippen LogP contribution in [-0.2, 0) is 6.42 Å². The van der Waals surface area contributed by atoms with E-state index in [0.717, 1.165) is 0 Å². The van der Waals surface area contributed by atoms with Crippen LogP contribution in [0.25, 0.3) is 11.3 Å². The number of nitriles is 1. The maximum absolute atomic E-state index is 12.3. The topological polar surface area (TPSA) is 86.6 Å². The molecule has 1 heterocycles. The number of hydrogen-bond donors (Lipinski definition) is 1. The van der Waals surface area contributed by atoms with Crippen LogP contribution in [0.4, 0.5) is 0 Å². The van der Waals surface area contributed by atoms with Gasteiger partial charge in [-0.25, -0.2) is 4.98 Å². The second-order valence-corrected chi connectivity index (χ2v) is 5.18. The molecule has 3 rings (SSSR count). The largest absolute Gasteiger partial charge is 0.309 e. The third kappa shape index (κ3) is 3.13. The zero-order valence-electron chi connectivity index (χ0n) is 12.7. The molecule has 0 saturated heterocycles. The Bertz CT molecular complexity index is 971. The molecule has 0 fully saturated rings. The van der Waals surface area contributed by atoms with Gasteiger partial charge in [0.1, 0.15) is 17.5 Å². The van der Waals surface area contributed by atoms with Crippen LogP contribution >= 0.6 is 0 Å². The molecule has 0 saturated carbocycles. The fourth-order valence-electron chi connectivity index (χ4n) is 2.39. The lowest BCUT2D eigenvalue weighted by atomic mass is 10.1. The first-order valence-electron chi connectivity index (χ1n) is 7.36. The molecular formula is C19H13N3O2. The molecule has 116 valence electrons. The van der Waals surface area contributed by atoms with E-state index < -0.39 is 5.56 Å². The molecule has 3 aromatic rings. The van der Waals surface area contributed by atoms with E-state index in [1.54, 1.807) is 48.5 Å². The molecule has 1 N–H and O–H groups in total. The molecule has 0 aliphatic carbocycles. The predicted octanol–water partition coefficient (Wildman–Crippen LogP) is 2.73. The summed E-state index contributed by atoms with van der Waals surface area (Å²) in [5.74, 6) is 0.0918. The average Bonchev–Trinajstić information content (AvgIpc) is 2.62. The highest BCUT2D eigenvalue weighted by Gasteiger charge is 2.15. The highest BCUT2D eigenvalue weighted by atomic mass is 16.1. The zero-order chi connectivity index (χ0) is 16.9. The minimum atomic E-state index is -0.540. The van der Waals surface area contributed by atoms with E-state index in [1.165, 1.54) is 0 Å². The number of benzene rings is 2. The number of carbonyl (C=O) groups excluding carboxylic acids is 1. The summed E-state index contributed by atoms with van der Waals surface area (Å²) in [6.45, 7) is 0. The van der Waals surface area contributed by atoms with E-state index in [9.17, 15) is 14.9 Å². The molecule has 0 atom stereocenters. The van der Waals surface area contributed by atoms with Crippen LogP contribution in [0.15, 0.2) is 65.5 Å². The molecule has 0 spiro atoms. The van der Waals surface area contributed by atoms with E-state index in [4.69, 9.17) is 0 Å². The van der Waals surface area contributed by atoms with Crippen LogP contribution in [0.3, 0.4) is 0 Å². The van der Waals surface area contributed by atoms with Crippen LogP contribution in [0, 0.1) is 11.3 Å². The van der Waals surface area contributed by atoms with Crippen molar-refractivity contribution in [2.45, 2.75) is 6.42 Å². The Kier molecular flexibility index (Phi) is 4.30. The highest BCUT2D eigenvalue weighted by Crippen LogP contribution is 2.18. The summed E-state index contributed by atoms with van der Waals surface area (Å²) in [5, 5.41) is 9.23. The first-order chi connectivity index (χ1) is 11.7. The minimum Gasteiger partial charge on any atom is -0.309 e. The standard InChI is InChI=1S/C19H13N3O2/c20-12-15-18(14-9-5-2-6-10-14)21-17(22-19(15)24)11-16(23)13-7-3-1-4-8-13/h1-10H,11H2,(H,21,22,24). The quantitative estimate of drug-likeness (QED) is 0.750. The smallest absolute Gasteiger partial charge is 0.269 e. The van der Waals surface area contributed by atoms with Gasteiger partial charge < -0.3 is 4.98 Å². The van der Waals surface area contributed by atoms with Crippen LogP contribution in [0.2, 0.25) is 0 Å². The molecule has 1 aromatic heterocycles. The number of carbonyl (C=O) groups is 1. The Morgan fingerprint density at radius 2 is 1.67 bits per heavy atom. The van der Waals surface area contributed by atoms with Gasteiger partial charge in [-0.05, 0) is 0 Å². The summed E-state index contributed by atoms with van der Waals surface area (Å²) in [7, 11) is 0. The van der Waals surface area contributed by atoms with Crippen molar-refractivity contribution in [3.05, 3.63) is 88.0 Å². The van der Waals surface area contributed by atoms with Gasteiger partial charge in [0.2, 0.25) is 0 Å². The fourth-order valence-corrected chi connectivity index (χ4v) is 2.39. The van der Waals surface area contributed by atoms with Crippen molar-refractivity contribution >= 4 is 5.78 Å². The summed E-state index contributed by atoms with van der Waals surface area (Å²) >= 11 is 0. The number of aromatic amines is 1. The molecule has 24 heavy (non-hydrogen) atoms. The molecule has 0 bridgehead atoms. The highest BCUT2D eigenvalue weighted by molar-refractivity contribution is 5.97. The maximum Gasteiger partial charge on any atom is 0.269 e. The van der Waals surface area contributed by atoms with Crippen molar-refractivity contribution in [2.24, 2.45) is 0 Å². The number of H-pyrrole nitrogens is 1. The van der Waals surface area contributed by atoms with Gasteiger partial charge in [-0.2, -0.15) is 5.26 Å². The zero-order valence-corrected chi connectivity index (χ0v) is 12.7. The van der Waals surface area contributed by atoms with Gasteiger partial charge in [-0.3, -0.25) is 9.59 Å². The number of Topliss-reactive ketones (excluding diaryl/α,β-unsaturated/α-hetero) is 1. The summed E-state index contributed by atoms with van der Waals surface area (Å²) in [4.78, 5) is 31.3. The second kappa shape index (κ2) is 6.71. The Morgan fingerprint density at radius 1 is 1.04 bits per heavy atom. The normalized spacial score (nSPS) is 10.1. The lowest BCUT2D eigenvalue weighted by Crippen LogP contribution is -2.19. The van der Waals surface area contributed by atoms with Crippen molar-refractivity contribution in [1.29, 1.82) is 5.26 Å². The first kappa shape index (κ1) is 15.4. The molecular weight excluding hydrogens is 302 g/mol. The van der Waals surface area contributed by atoms with Gasteiger partial charge in [-0.1, -0.05) is 60.7 Å². The van der Waals surface area contributed by atoms with Crippen molar-refractivity contribution in [3.63, 3.8) is 0 Å². The summed E-state index contributed by atoms with van der Waals surface area (Å²) in [6, 6.07) is 19.7. The number of rotatable bonds is 4. The maximum atomic E-state index is 12.3. The Labute approximate surface area is 138 Å². The van der Waals surface area contributed by atoms with Gasteiger partial charge in [0.05, 0.1) is 12.1 Å². The van der Waals surface area contributed by atoms with Crippen LogP contribution in [0.5, 0.6) is 0 Å². The van der Waals surface area contributed by atoms with E-state index in [2.05, 4.69) is 9.97 Å². The van der Waals surface area contributed by atoms with Gasteiger partial charge >= 0.3 is 0 Å². The number of nitrogens with one attached hydrogen (secondary N) is 1. The lowest BCUT2D eigenvalue weighted by Gasteiger charge is -2.06. The number of aromatic nitrogens is 2. The summed E-state index contributed by atoms with van der Waals surface area (Å²) < 4.78 is 0. The molecule has 0 radical (unpaired) electrons. The predicted molar refractivity (Wildman–Crippen MR) is 89.5 cm³/mol. The number of ketones is 1. The van der Waals surface area contributed by atoms with Crippen LogP contribution in [-0.4, -0.2) is 15.8 Å². The number of nitrogens with zero attached hydrogens (tertiary/aromatic N) is 2. The fraction of sp³-hybridized carbons (Fsp3) is 0.0526. The van der Waals surface area contributed by atoms with E-state index >= 15 is 0 Å². The van der Waals surface area contributed by atoms with Gasteiger partial charge in [0, 0.05) is 11.1 Å². The molecule has 0 aliphatic heterocycles. The SMILES string of the molecule is N#Cc1c(-c2ccccc2)nc(CC(=O)c2ccccc2)[nH]c1=O. The van der Waals surface area contributed by atoms with Crippen molar-refractivity contribution in [1.82, 2.24) is 9.97 Å². The summed E-state index contributed by atoms with van der Waals surface area (Å²) in [6.07, 6.45) is -0.0369. The van der Waals surface area contributed by atoms with Crippen LogP contribution in [0.1, 0.15) is 21.7 Å². The minimum absolute atomic E-state index is 0.0369. The van der Waals surface area contributed by atoms with Gasteiger partial charge in [-0.15, -0.1) is 0 Å². The average molecular weight is 315 g/mol. The second-order valence-electron chi connectivity index (χ2n) is 5.18. The van der Waals surface area contributed by atoms with E-state index in [0.29, 0.717) is 11.1 Å². The molecule has 0 unspecified atom stereocenters. The van der Waals surface area contributed by atoms with Crippen molar-refractivity contribution < 1.29 is 4.79 Å². The molecule has 0 amide bonds. The Hall–Kier alpha value is -3.52. The Balaban J connectivity index is 2.02. The number of hydrogen-bond acceptors (Lipinski definition) is 4. The molecule has 5 heteroatoms.